The van der Waals surface area contributed by atoms with Gasteiger partial charge in [0.2, 0.25) is 8.02 Å². The highest BCUT2D eigenvalue weighted by Crippen LogP contribution is 1.44. The Balaban J connectivity index is 4.65. The summed E-state index contributed by atoms with van der Waals surface area (Å²) in [5.74, 6) is 0. The summed E-state index contributed by atoms with van der Waals surface area (Å²) >= 11 is 0. The summed E-state index contributed by atoms with van der Waals surface area (Å²) in [6.45, 7) is 0. The lowest BCUT2D eigenvalue weighted by molar-refractivity contribution is 0.628. The van der Waals surface area contributed by atoms with Crippen molar-refractivity contribution in [2.75, 3.05) is 0 Å². The first-order valence-electron chi connectivity index (χ1n) is 0.569. The Morgan fingerprint density at radius 3 is 1.50 bits per heavy atom. The third-order valence-corrected chi connectivity index (χ3v) is 0. The smallest absolute Gasteiger partial charge is 0.142 e. The highest BCUT2D eigenvalue weighted by molar-refractivity contribution is 7.98. The molecular weight excluding hydrogens is 95.0 g/mol. The van der Waals surface area contributed by atoms with Crippen LogP contribution in [0.2, 0.25) is 0 Å². The molecule has 4 heavy (non-hydrogen) atoms. The molecule has 0 spiro atoms. The SMILES string of the molecule is O=S(=O)=[PH2+]. The molecule has 0 aromatic heterocycles. The van der Waals surface area contributed by atoms with Crippen LogP contribution in [0.15, 0.2) is 0 Å². The fourth-order valence-electron chi connectivity index (χ4n) is 0. The maximum absolute atomic E-state index is 8.96. The van der Waals surface area contributed by atoms with Crippen molar-refractivity contribution in [3.8, 4) is 0 Å². The Bertz CT molecular complexity index is 75.4. The second kappa shape index (κ2) is 1.44. The fourth-order valence-corrected chi connectivity index (χ4v) is 0. The van der Waals surface area contributed by atoms with Crippen molar-refractivity contribution in [2.24, 2.45) is 0 Å². The summed E-state index contributed by atoms with van der Waals surface area (Å²) in [7, 11) is -0.370. The molecule has 4 heteroatoms. The van der Waals surface area contributed by atoms with E-state index in [1.54, 1.807) is 8.02 Å². The minimum absolute atomic E-state index is 1.57. The van der Waals surface area contributed by atoms with Gasteiger partial charge in [-0.25, -0.2) is 0 Å². The van der Waals surface area contributed by atoms with Gasteiger partial charge in [-0.15, -0.1) is 8.42 Å². The first-order chi connectivity index (χ1) is 1.73. The van der Waals surface area contributed by atoms with Crippen LogP contribution in [0.25, 0.3) is 0 Å². The number of rotatable bonds is 0. The number of hydrogen-bond donors (Lipinski definition) is 0. The Labute approximate surface area is 27.2 Å². The third kappa shape index (κ3) is 185. The molecule has 0 aromatic carbocycles. The lowest BCUT2D eigenvalue weighted by atomic mass is 15.9. The van der Waals surface area contributed by atoms with Crippen molar-refractivity contribution < 1.29 is 8.42 Å². The van der Waals surface area contributed by atoms with Gasteiger partial charge in [0.15, 0.2) is 0 Å². The standard InChI is InChI=1S/HO2PS/c1-4(2)3/h3H/p+1. The predicted octanol–water partition coefficient (Wildman–Crippen LogP) is -0.344. The maximum Gasteiger partial charge on any atom is 0.372 e. The van der Waals surface area contributed by atoms with Crippen molar-refractivity contribution in [3.63, 3.8) is 0 Å². The lowest BCUT2D eigenvalue weighted by Gasteiger charge is -1.08. The van der Waals surface area contributed by atoms with E-state index in [0.29, 0.717) is 0 Å². The molecule has 24 valence electrons. The van der Waals surface area contributed by atoms with Gasteiger partial charge in [0.1, 0.15) is 0 Å². The molecule has 0 amide bonds. The first-order valence-corrected chi connectivity index (χ1v) is 3.12. The van der Waals surface area contributed by atoms with E-state index in [9.17, 15) is 0 Å². The summed E-state index contributed by atoms with van der Waals surface area (Å²) in [4.78, 5) is 0. The van der Waals surface area contributed by atoms with Crippen LogP contribution in [0.3, 0.4) is 0 Å². The zero-order valence-electron chi connectivity index (χ0n) is 1.80. The average molecular weight is 97.1 g/mol. The van der Waals surface area contributed by atoms with Crippen molar-refractivity contribution >= 4 is 17.9 Å². The maximum atomic E-state index is 8.96. The van der Waals surface area contributed by atoms with Gasteiger partial charge < -0.3 is 0 Å². The Kier molecular flexibility index (Phi) is 1.48. The molecule has 2 nitrogen and oxygen atoms in total. The summed E-state index contributed by atoms with van der Waals surface area (Å²) in [6.07, 6.45) is 0. The van der Waals surface area contributed by atoms with Crippen molar-refractivity contribution in [3.05, 3.63) is 0 Å². The van der Waals surface area contributed by atoms with E-state index in [1.165, 1.54) is 0 Å². The molecule has 1 unspecified atom stereocenters. The molecule has 0 bridgehead atoms. The van der Waals surface area contributed by atoms with Crippen molar-refractivity contribution in [2.45, 2.75) is 0 Å². The minimum Gasteiger partial charge on any atom is -0.142 e. The number of hydrogen-bond acceptors (Lipinski definition) is 2. The van der Waals surface area contributed by atoms with Crippen molar-refractivity contribution in [1.29, 1.82) is 0 Å². The van der Waals surface area contributed by atoms with Gasteiger partial charge >= 0.3 is 9.88 Å². The molecular formula is H2O2PS+. The zero-order chi connectivity index (χ0) is 3.58. The first kappa shape index (κ1) is 4.12. The van der Waals surface area contributed by atoms with E-state index in [-0.39, 0.29) is 0 Å². The van der Waals surface area contributed by atoms with Gasteiger partial charge in [-0.3, -0.25) is 0 Å². The van der Waals surface area contributed by atoms with Crippen LogP contribution in [0.4, 0.5) is 0 Å². The molecule has 0 aliphatic rings. The van der Waals surface area contributed by atoms with Gasteiger partial charge in [-0.2, -0.15) is 0 Å². The van der Waals surface area contributed by atoms with Crippen LogP contribution < -0.4 is 0 Å². The van der Waals surface area contributed by atoms with Gasteiger partial charge in [0, 0.05) is 0 Å². The van der Waals surface area contributed by atoms with E-state index in [4.69, 9.17) is 8.42 Å². The van der Waals surface area contributed by atoms with Gasteiger partial charge in [0.25, 0.3) is 0 Å². The van der Waals surface area contributed by atoms with Crippen molar-refractivity contribution in [1.82, 2.24) is 0 Å². The second-order valence-corrected chi connectivity index (χ2v) is 1.94. The molecule has 1 atom stereocenters. The summed E-state index contributed by atoms with van der Waals surface area (Å²) in [6, 6.07) is 0. The van der Waals surface area contributed by atoms with Crippen LogP contribution in [-0.2, 0) is 9.88 Å². The third-order valence-electron chi connectivity index (χ3n) is 0. The van der Waals surface area contributed by atoms with Gasteiger partial charge in [-0.05, 0) is 0 Å². The molecule has 0 fully saturated rings. The van der Waals surface area contributed by atoms with Crippen LogP contribution in [0, 0.1) is 0 Å². The molecule has 0 aromatic rings. The zero-order valence-corrected chi connectivity index (χ0v) is 3.77. The quantitative estimate of drug-likeness (QED) is 0.387. The Morgan fingerprint density at radius 1 is 1.50 bits per heavy atom. The molecule has 0 heterocycles. The Hall–Kier alpha value is 0.120. The van der Waals surface area contributed by atoms with E-state index in [1.807, 2.05) is 0 Å². The predicted molar refractivity (Wildman–Crippen MR) is 18.6 cm³/mol. The monoisotopic (exact) mass is 97.0 g/mol. The van der Waals surface area contributed by atoms with E-state index in [0.717, 1.165) is 0 Å². The van der Waals surface area contributed by atoms with E-state index < -0.39 is 9.88 Å². The van der Waals surface area contributed by atoms with E-state index >= 15 is 0 Å². The Morgan fingerprint density at radius 2 is 1.50 bits per heavy atom. The summed E-state index contributed by atoms with van der Waals surface area (Å²) in [5.41, 5.74) is 0. The minimum atomic E-state index is -1.94. The molecule has 0 saturated heterocycles. The highest BCUT2D eigenvalue weighted by Gasteiger charge is 1.42. The molecule has 0 saturated carbocycles. The molecule has 0 aliphatic heterocycles. The van der Waals surface area contributed by atoms with Gasteiger partial charge in [-0.1, -0.05) is 0 Å². The lowest BCUT2D eigenvalue weighted by Crippen LogP contribution is -1.28. The van der Waals surface area contributed by atoms with Gasteiger partial charge in [0.05, 0.1) is 0 Å². The largest absolute Gasteiger partial charge is 0.372 e. The van der Waals surface area contributed by atoms with Crippen LogP contribution >= 0.6 is 8.02 Å². The highest BCUT2D eigenvalue weighted by atomic mass is 32.5. The molecule has 0 aliphatic carbocycles. The molecule has 0 N–H and O–H groups in total. The fraction of sp³-hybridized carbons (Fsp3) is 0. The van der Waals surface area contributed by atoms with Crippen LogP contribution in [0.1, 0.15) is 0 Å². The second-order valence-electron chi connectivity index (χ2n) is 0.260. The topological polar surface area (TPSA) is 34.1 Å². The average Bonchev–Trinajstić information content (AvgIpc) is 0.811. The van der Waals surface area contributed by atoms with E-state index in [2.05, 4.69) is 0 Å². The molecule has 0 radical (unpaired) electrons. The summed E-state index contributed by atoms with van der Waals surface area (Å²) < 4.78 is 17.9. The summed E-state index contributed by atoms with van der Waals surface area (Å²) in [5, 5.41) is 0. The van der Waals surface area contributed by atoms with Crippen LogP contribution in [-0.4, -0.2) is 8.42 Å². The van der Waals surface area contributed by atoms with Crippen LogP contribution in [0.5, 0.6) is 0 Å². The normalized spacial score (nSPS) is 6.00. The molecule has 0 rings (SSSR count).